The molecule has 35 nitrogen and oxygen atoms in total. The average Bonchev–Trinajstić information content (AvgIpc) is 0.829. The van der Waals surface area contributed by atoms with Crippen molar-refractivity contribution < 1.29 is 101 Å². The molecule has 0 saturated heterocycles. The minimum absolute atomic E-state index is 0. The Labute approximate surface area is 587 Å². The Morgan fingerprint density at radius 1 is 0.479 bits per heavy atom. The van der Waals surface area contributed by atoms with Crippen molar-refractivity contribution in [1.82, 2.24) is 29.9 Å². The summed E-state index contributed by atoms with van der Waals surface area (Å²) in [5, 5.41) is 86.6. The summed E-state index contributed by atoms with van der Waals surface area (Å²) in [6, 6.07) is 19.2. The van der Waals surface area contributed by atoms with Crippen LogP contribution >= 0.6 is 109 Å². The first-order chi connectivity index (χ1) is 44.3. The fraction of sp³-hybridized carbons (Fsp3) is 0. The first-order valence-corrected chi connectivity index (χ1v) is 30.1. The minimum atomic E-state index is -3.22. The van der Waals surface area contributed by atoms with E-state index in [1.54, 1.807) is 36.7 Å². The molecule has 504 valence electrons. The first kappa shape index (κ1) is 85.9. The Morgan fingerprint density at radius 2 is 0.802 bits per heavy atom. The normalized spacial score (nSPS) is 9.58. The number of carboxylic acids is 4. The molecule has 0 aliphatic carbocycles. The van der Waals surface area contributed by atoms with Gasteiger partial charge in [0.1, 0.15) is 55.3 Å². The maximum absolute atomic E-state index is 11.0. The van der Waals surface area contributed by atoms with Crippen LogP contribution < -0.4 is 17.2 Å². The molecule has 96 heavy (non-hydrogen) atoms. The van der Waals surface area contributed by atoms with Gasteiger partial charge in [0.25, 0.3) is 16.7 Å². The van der Waals surface area contributed by atoms with Crippen LogP contribution in [0.4, 0.5) is 28.4 Å². The quantitative estimate of drug-likeness (QED) is 0.0127. The second-order valence-electron chi connectivity index (χ2n) is 15.8. The number of nitrogens with two attached hydrogens (primary N) is 3. The number of benzene rings is 6. The molecule has 0 spiro atoms. The molecule has 0 saturated carbocycles. The van der Waals surface area contributed by atoms with Crippen LogP contribution in [0.1, 0.15) is 57.4 Å². The second-order valence-corrected chi connectivity index (χ2v) is 24.9. The van der Waals surface area contributed by atoms with Crippen LogP contribution in [0.3, 0.4) is 0 Å². The molecular weight excluding hydrogens is 1540 g/mol. The van der Waals surface area contributed by atoms with E-state index in [0.717, 1.165) is 24.3 Å². The van der Waals surface area contributed by atoms with Crippen LogP contribution in [0.2, 0.25) is 30.1 Å². The van der Waals surface area contributed by atoms with Gasteiger partial charge in [0.15, 0.2) is 12.6 Å². The van der Waals surface area contributed by atoms with E-state index in [2.05, 4.69) is 63.6 Å². The van der Waals surface area contributed by atoms with Gasteiger partial charge < -0.3 is 42.8 Å². The molecule has 3 aromatic heterocycles. The molecular formula is C50H32Cl9FeN14O21P. The predicted molar refractivity (Wildman–Crippen MR) is 344 cm³/mol. The number of nitrogens with zero attached hydrogens (tertiary/aromatic N) is 11. The molecule has 0 bridgehead atoms. The molecule has 46 heteroatoms. The fourth-order valence-electron chi connectivity index (χ4n) is 6.25. The third-order valence-corrected chi connectivity index (χ3v) is 11.7. The van der Waals surface area contributed by atoms with Gasteiger partial charge in [-0.1, -0.05) is 69.6 Å². The average molecular weight is 1570 g/mol. The number of carbonyl (C=O) groups excluding carboxylic acids is 3. The Hall–Kier alpha value is -10.1. The molecule has 3 heterocycles. The Kier molecular flexibility index (Phi) is 37.2. The topological polar surface area (TPSA) is 589 Å². The van der Waals surface area contributed by atoms with Gasteiger partial charge in [-0.3, -0.25) is 79.2 Å². The maximum Gasteiger partial charge on any atom is 0.365 e. The van der Waals surface area contributed by atoms with Gasteiger partial charge in [0.2, 0.25) is 0 Å². The number of carbonyl (C=O) groups is 7. The van der Waals surface area contributed by atoms with Crippen LogP contribution in [0.15, 0.2) is 116 Å². The summed E-state index contributed by atoms with van der Waals surface area (Å²) < 4.78 is 9.51. The summed E-state index contributed by atoms with van der Waals surface area (Å²) in [7, 11) is 0. The monoisotopic (exact) mass is 1570 g/mol. The number of nitro groups is 3. The van der Waals surface area contributed by atoms with E-state index in [0.29, 0.717) is 59.3 Å². The summed E-state index contributed by atoms with van der Waals surface area (Å²) >= 11 is 47.9. The van der Waals surface area contributed by atoms with E-state index in [4.69, 9.17) is 137 Å². The summed E-state index contributed by atoms with van der Waals surface area (Å²) in [6.45, 7) is 0. The van der Waals surface area contributed by atoms with Crippen molar-refractivity contribution in [3.05, 3.63) is 220 Å². The zero-order valence-corrected chi connectivity index (χ0v) is 55.0. The van der Waals surface area contributed by atoms with E-state index in [1.807, 2.05) is 6.07 Å². The van der Waals surface area contributed by atoms with Crippen molar-refractivity contribution in [3.63, 3.8) is 0 Å². The third kappa shape index (κ3) is 27.8. The van der Waals surface area contributed by atoms with E-state index in [9.17, 15) is 58.9 Å². The van der Waals surface area contributed by atoms with Crippen LogP contribution in [-0.4, -0.2) is 118 Å². The minimum Gasteiger partial charge on any atom is -0.478 e. The molecule has 11 N–H and O–H groups in total. The zero-order chi connectivity index (χ0) is 72.8. The van der Waals surface area contributed by atoms with E-state index in [1.165, 1.54) is 55.1 Å². The molecule has 0 unspecified atom stereocenters. The van der Waals surface area contributed by atoms with Crippen molar-refractivity contribution in [2.75, 3.05) is 11.5 Å². The standard InChI is InChI=1S/C9H6ClN3O.C9H4ClN3.C9H5ClN2O2.C7H3ClN2O6.C7H7ClN2O2.C7H4ClNO4.C2H2O2.Cl3OP.Fe.HNO3/c10-6-2-1-5(9(11)14)7-8(6)13-4-3-12-7;10-7-2-1-6(5-11)8-9(7)13-4-3-12-8;10-6-2-1-5(9(13)14)7-8(6)12-4-3-11-7;8-4-2-1-3(7(11)12)5(9(13)14)6(4)10(15)16;8-4-2-1-3(7(11)12)5(9)6(4)10;8-4-1-2-5(7(10)11)6(3-4)9(12)13;3-1-2-4;1-5(2,3)4;;2-1(3)4/h1-4H,(H2,11,14);1-4H;1-4H,(H,13,14);1-2H,(H,11,12);1-2H,9-10H2,(H,11,12);1-3H,(H,10,11);1-2H;;;(H,2,3,4). The molecule has 9 rings (SSSR count). The number of rotatable bonds is 9. The third-order valence-electron chi connectivity index (χ3n) is 9.95. The summed E-state index contributed by atoms with van der Waals surface area (Å²) in [6.07, 6.45) is 9.39. The number of fused-ring (bicyclic) bond motifs is 3. The number of hydrogen-bond acceptors (Lipinski definition) is 25. The molecule has 0 aliphatic rings. The fourth-order valence-corrected chi connectivity index (χ4v) is 7.41. The van der Waals surface area contributed by atoms with Gasteiger partial charge in [-0.25, -0.2) is 19.2 Å². The number of carboxylic acid groups (broad SMARTS) is 4. The molecule has 0 radical (unpaired) electrons. The summed E-state index contributed by atoms with van der Waals surface area (Å²) in [4.78, 5) is 132. The molecule has 9 aromatic rings. The van der Waals surface area contributed by atoms with Crippen LogP contribution in [0.25, 0.3) is 33.1 Å². The Balaban J connectivity index is 0.00000109. The first-order valence-electron chi connectivity index (χ1n) is 23.4. The van der Waals surface area contributed by atoms with Crippen LogP contribution in [0, 0.1) is 51.8 Å². The van der Waals surface area contributed by atoms with Gasteiger partial charge in [-0.05, 0) is 107 Å². The number of hydrogen-bond donors (Lipinski definition) is 8. The number of aromatic nitrogens is 6. The number of aldehydes is 2. The predicted octanol–water partition coefficient (Wildman–Crippen LogP) is 12.4. The van der Waals surface area contributed by atoms with E-state index in [-0.39, 0.29) is 67.8 Å². The second kappa shape index (κ2) is 41.6. The van der Waals surface area contributed by atoms with Gasteiger partial charge in [-0.2, -0.15) is 5.26 Å². The molecule has 1 amide bonds. The van der Waals surface area contributed by atoms with Crippen LogP contribution in [0.5, 0.6) is 0 Å². The largest absolute Gasteiger partial charge is 0.478 e. The number of nitrogen functional groups attached to an aromatic ring is 2. The van der Waals surface area contributed by atoms with Gasteiger partial charge in [-0.15, -0.1) is 10.1 Å². The number of amides is 1. The van der Waals surface area contributed by atoms with Crippen molar-refractivity contribution >= 4 is 212 Å². The zero-order valence-electron chi connectivity index (χ0n) is 46.2. The molecule has 0 aliphatic heterocycles. The number of primary amides is 1. The SMILES string of the molecule is N#Cc1ccc(Cl)c2nccnc12.NC(=O)c1ccc(Cl)c2nccnc12.Nc1c(Cl)ccc(C(=O)O)c1N.O=C(O)c1ccc(Cl)c([N+](=O)[O-])c1[N+](=O)[O-].O=C(O)c1ccc(Cl)c2nccnc12.O=C(O)c1ccc(Cl)cc1[N+](=O)[O-].O=CC=O.O=P(Cl)(Cl)Cl.O=[N+]([O-])O.[Fe]. The Morgan fingerprint density at radius 3 is 1.18 bits per heavy atom. The van der Waals surface area contributed by atoms with Crippen molar-refractivity contribution in [1.29, 1.82) is 5.26 Å². The van der Waals surface area contributed by atoms with Gasteiger partial charge >= 0.3 is 40.5 Å². The van der Waals surface area contributed by atoms with Crippen molar-refractivity contribution in [2.45, 2.75) is 0 Å². The van der Waals surface area contributed by atoms with Gasteiger partial charge in [0, 0.05) is 65.3 Å². The van der Waals surface area contributed by atoms with Crippen molar-refractivity contribution in [2.24, 2.45) is 5.73 Å². The van der Waals surface area contributed by atoms with Crippen molar-refractivity contribution in [3.8, 4) is 6.07 Å². The molecule has 6 aromatic carbocycles. The maximum atomic E-state index is 11.0. The number of halogens is 9. The molecule has 0 atom stereocenters. The Bertz CT molecular complexity index is 4410. The summed E-state index contributed by atoms with van der Waals surface area (Å²) in [5.41, 5.74) is 16.0. The van der Waals surface area contributed by atoms with E-state index < -0.39 is 82.5 Å². The van der Waals surface area contributed by atoms with Gasteiger partial charge in [0.05, 0.1) is 68.5 Å². The smallest absolute Gasteiger partial charge is 0.365 e. The molecule has 0 fully saturated rings. The number of nitro benzene ring substituents is 3. The number of anilines is 2. The summed E-state index contributed by atoms with van der Waals surface area (Å²) in [5.74, 6) is -5.66. The number of aromatic carboxylic acids is 4. The van der Waals surface area contributed by atoms with Crippen LogP contribution in [-0.2, 0) is 31.2 Å². The van der Waals surface area contributed by atoms with E-state index >= 15 is 0 Å². The number of nitriles is 1.